The Hall–Kier alpha value is -2.14. The van der Waals surface area contributed by atoms with Gasteiger partial charge in [0.25, 0.3) is 0 Å². The molecule has 0 aromatic heterocycles. The van der Waals surface area contributed by atoms with Crippen LogP contribution in [-0.4, -0.2) is 22.9 Å². The Morgan fingerprint density at radius 1 is 1.19 bits per heavy atom. The zero-order chi connectivity index (χ0) is 15.1. The number of amides is 2. The number of carbonyl (C=O) groups is 3. The molecule has 0 radical (unpaired) electrons. The van der Waals surface area contributed by atoms with Gasteiger partial charge >= 0.3 is 5.97 Å². The van der Waals surface area contributed by atoms with Gasteiger partial charge in [-0.15, -0.1) is 0 Å². The number of carbonyl (C=O) groups excluding carboxylic acids is 2. The van der Waals surface area contributed by atoms with Crippen molar-refractivity contribution < 1.29 is 19.5 Å². The Morgan fingerprint density at radius 3 is 2.57 bits per heavy atom. The lowest BCUT2D eigenvalue weighted by Gasteiger charge is -2.17. The second kappa shape index (κ2) is 5.00. The number of imide groups is 1. The number of hydrogen-bond donors (Lipinski definition) is 1. The highest BCUT2D eigenvalue weighted by Gasteiger charge is 2.49. The highest BCUT2D eigenvalue weighted by molar-refractivity contribution is 6.31. The minimum absolute atomic E-state index is 0.0584. The van der Waals surface area contributed by atoms with Crippen molar-refractivity contribution in [1.82, 2.24) is 0 Å². The van der Waals surface area contributed by atoms with Gasteiger partial charge in [0.2, 0.25) is 11.8 Å². The van der Waals surface area contributed by atoms with Crippen LogP contribution in [0.25, 0.3) is 0 Å². The number of anilines is 1. The maximum absolute atomic E-state index is 12.5. The van der Waals surface area contributed by atoms with Crippen LogP contribution in [0.2, 0.25) is 0 Å². The van der Waals surface area contributed by atoms with Crippen LogP contribution >= 0.6 is 11.6 Å². The van der Waals surface area contributed by atoms with Gasteiger partial charge in [0, 0.05) is 5.03 Å². The summed E-state index contributed by atoms with van der Waals surface area (Å²) in [5.41, 5.74) is 0.0717. The van der Waals surface area contributed by atoms with Gasteiger partial charge in [-0.3, -0.25) is 9.59 Å². The molecule has 1 N–H and O–H groups in total. The Labute approximate surface area is 125 Å². The quantitative estimate of drug-likeness (QED) is 0.851. The first-order valence-corrected chi connectivity index (χ1v) is 6.93. The average molecular weight is 306 g/mol. The summed E-state index contributed by atoms with van der Waals surface area (Å²) < 4.78 is 0. The summed E-state index contributed by atoms with van der Waals surface area (Å²) in [5.74, 6) is -2.82. The summed E-state index contributed by atoms with van der Waals surface area (Å²) in [6, 6.07) is 6.02. The summed E-state index contributed by atoms with van der Waals surface area (Å²) in [4.78, 5) is 37.2. The van der Waals surface area contributed by atoms with Crippen LogP contribution in [0, 0.1) is 11.8 Å². The highest BCUT2D eigenvalue weighted by atomic mass is 35.5. The van der Waals surface area contributed by atoms with Gasteiger partial charge in [-0.1, -0.05) is 29.8 Å². The molecule has 0 bridgehead atoms. The molecule has 1 aromatic rings. The van der Waals surface area contributed by atoms with Crippen LogP contribution < -0.4 is 4.90 Å². The molecule has 2 amide bonds. The van der Waals surface area contributed by atoms with Gasteiger partial charge in [-0.25, -0.2) is 9.69 Å². The molecule has 0 saturated carbocycles. The van der Waals surface area contributed by atoms with E-state index >= 15 is 0 Å². The van der Waals surface area contributed by atoms with Crippen molar-refractivity contribution in [3.63, 3.8) is 0 Å². The van der Waals surface area contributed by atoms with Gasteiger partial charge in [0.05, 0.1) is 23.1 Å². The molecule has 1 fully saturated rings. The maximum Gasteiger partial charge on any atom is 0.337 e. The van der Waals surface area contributed by atoms with Crippen molar-refractivity contribution in [2.75, 3.05) is 4.90 Å². The molecule has 2 aliphatic rings. The van der Waals surface area contributed by atoms with Gasteiger partial charge in [-0.2, -0.15) is 0 Å². The number of carboxylic acids is 1. The van der Waals surface area contributed by atoms with Gasteiger partial charge in [0.15, 0.2) is 0 Å². The Balaban J connectivity index is 2.04. The van der Waals surface area contributed by atoms with Crippen molar-refractivity contribution in [1.29, 1.82) is 0 Å². The molecule has 5 nitrogen and oxygen atoms in total. The molecule has 1 aliphatic carbocycles. The lowest BCUT2D eigenvalue weighted by atomic mass is 9.85. The molecule has 0 spiro atoms. The van der Waals surface area contributed by atoms with Crippen LogP contribution in [0.15, 0.2) is 35.4 Å². The number of hydrogen-bond acceptors (Lipinski definition) is 3. The van der Waals surface area contributed by atoms with E-state index in [-0.39, 0.29) is 23.1 Å². The number of aromatic carboxylic acids is 1. The summed E-state index contributed by atoms with van der Waals surface area (Å²) in [7, 11) is 0. The smallest absolute Gasteiger partial charge is 0.337 e. The van der Waals surface area contributed by atoms with E-state index in [2.05, 4.69) is 0 Å². The van der Waals surface area contributed by atoms with Crippen molar-refractivity contribution in [2.24, 2.45) is 11.8 Å². The van der Waals surface area contributed by atoms with E-state index in [9.17, 15) is 19.5 Å². The summed E-state index contributed by atoms with van der Waals surface area (Å²) in [6.07, 6.45) is 2.50. The molecule has 6 heteroatoms. The van der Waals surface area contributed by atoms with Crippen molar-refractivity contribution >= 4 is 35.1 Å². The molecule has 1 heterocycles. The second-order valence-corrected chi connectivity index (χ2v) is 5.62. The minimum atomic E-state index is -1.17. The molecular weight excluding hydrogens is 294 g/mol. The molecule has 108 valence electrons. The fourth-order valence-corrected chi connectivity index (χ4v) is 3.17. The summed E-state index contributed by atoms with van der Waals surface area (Å²) >= 11 is 5.96. The van der Waals surface area contributed by atoms with E-state index in [4.69, 9.17) is 11.6 Å². The number of fused-ring (bicyclic) bond motifs is 1. The largest absolute Gasteiger partial charge is 0.478 e. The fourth-order valence-electron chi connectivity index (χ4n) is 2.91. The van der Waals surface area contributed by atoms with Gasteiger partial charge in [-0.05, 0) is 25.0 Å². The van der Waals surface area contributed by atoms with Crippen LogP contribution in [-0.2, 0) is 9.59 Å². The number of para-hydroxylation sites is 1. The first kappa shape index (κ1) is 13.8. The van der Waals surface area contributed by atoms with Crippen LogP contribution in [0.1, 0.15) is 23.2 Å². The molecule has 3 rings (SSSR count). The molecule has 2 atom stereocenters. The third-order valence-electron chi connectivity index (χ3n) is 3.94. The predicted octanol–water partition coefficient (Wildman–Crippen LogP) is 2.41. The van der Waals surface area contributed by atoms with E-state index in [1.165, 1.54) is 12.1 Å². The molecular formula is C15H12ClNO4. The van der Waals surface area contributed by atoms with E-state index < -0.39 is 17.8 Å². The number of nitrogens with zero attached hydrogens (tertiary/aromatic N) is 1. The molecule has 1 aliphatic heterocycles. The monoisotopic (exact) mass is 305 g/mol. The number of rotatable bonds is 2. The van der Waals surface area contributed by atoms with Crippen molar-refractivity contribution in [3.8, 4) is 0 Å². The first-order chi connectivity index (χ1) is 10.0. The number of carboxylic acid groups (broad SMARTS) is 1. The Morgan fingerprint density at radius 2 is 1.86 bits per heavy atom. The van der Waals surface area contributed by atoms with E-state index in [1.807, 2.05) is 0 Å². The summed E-state index contributed by atoms with van der Waals surface area (Å²) in [6.45, 7) is 0. The SMILES string of the molecule is O=C(O)c1ccccc1N1C(=O)[C@@H]2CC=C(Cl)C[C@H]2C1=O. The minimum Gasteiger partial charge on any atom is -0.478 e. The van der Waals surface area contributed by atoms with Crippen molar-refractivity contribution in [3.05, 3.63) is 40.9 Å². The number of benzene rings is 1. The zero-order valence-electron chi connectivity index (χ0n) is 11.0. The van der Waals surface area contributed by atoms with E-state index in [1.54, 1.807) is 18.2 Å². The molecule has 0 unspecified atom stereocenters. The van der Waals surface area contributed by atoms with Crippen LogP contribution in [0.5, 0.6) is 0 Å². The zero-order valence-corrected chi connectivity index (χ0v) is 11.7. The highest BCUT2D eigenvalue weighted by Crippen LogP contribution is 2.41. The normalized spacial score (nSPS) is 24.8. The molecule has 1 aromatic carbocycles. The first-order valence-electron chi connectivity index (χ1n) is 6.55. The fraction of sp³-hybridized carbons (Fsp3) is 0.267. The maximum atomic E-state index is 12.5. The molecule has 1 saturated heterocycles. The lowest BCUT2D eigenvalue weighted by molar-refractivity contribution is -0.122. The van der Waals surface area contributed by atoms with Gasteiger partial charge < -0.3 is 5.11 Å². The average Bonchev–Trinajstić information content (AvgIpc) is 2.70. The van der Waals surface area contributed by atoms with Crippen LogP contribution in [0.3, 0.4) is 0 Å². The Kier molecular flexibility index (Phi) is 3.29. The number of allylic oxidation sites excluding steroid dienone is 2. The third kappa shape index (κ3) is 2.14. The molecule has 21 heavy (non-hydrogen) atoms. The predicted molar refractivity (Wildman–Crippen MR) is 76.0 cm³/mol. The van der Waals surface area contributed by atoms with Crippen LogP contribution in [0.4, 0.5) is 5.69 Å². The van der Waals surface area contributed by atoms with Gasteiger partial charge in [0.1, 0.15) is 0 Å². The standard InChI is InChI=1S/C15H12ClNO4/c16-8-5-6-9-11(7-8)14(19)17(13(9)18)12-4-2-1-3-10(12)15(20)21/h1-5,9,11H,6-7H2,(H,20,21)/t9-,11-/m1/s1. The third-order valence-corrected chi connectivity index (χ3v) is 4.25. The second-order valence-electron chi connectivity index (χ2n) is 5.14. The topological polar surface area (TPSA) is 74.7 Å². The summed E-state index contributed by atoms with van der Waals surface area (Å²) in [5, 5.41) is 9.79. The van der Waals surface area contributed by atoms with Crippen molar-refractivity contribution in [2.45, 2.75) is 12.8 Å². The lowest BCUT2D eigenvalue weighted by Crippen LogP contribution is -2.32. The Bertz CT molecular complexity index is 682. The van der Waals surface area contributed by atoms with E-state index in [0.29, 0.717) is 17.9 Å². The number of halogens is 1. The van der Waals surface area contributed by atoms with E-state index in [0.717, 1.165) is 4.90 Å².